The highest BCUT2D eigenvalue weighted by Gasteiger charge is 2.11. The van der Waals surface area contributed by atoms with Gasteiger partial charge in [0.05, 0.1) is 18.2 Å². The fourth-order valence-corrected chi connectivity index (χ4v) is 3.36. The van der Waals surface area contributed by atoms with Crippen LogP contribution in [0, 0.1) is 0 Å². The Kier molecular flexibility index (Phi) is 7.80. The van der Waals surface area contributed by atoms with Gasteiger partial charge in [0.25, 0.3) is 0 Å². The Morgan fingerprint density at radius 3 is 2.88 bits per heavy atom. The van der Waals surface area contributed by atoms with E-state index in [1.165, 1.54) is 0 Å². The van der Waals surface area contributed by atoms with Gasteiger partial charge in [-0.15, -0.1) is 5.10 Å². The van der Waals surface area contributed by atoms with Gasteiger partial charge < -0.3 is 14.8 Å². The minimum absolute atomic E-state index is 0.667. The van der Waals surface area contributed by atoms with E-state index in [0.717, 1.165) is 52.0 Å². The van der Waals surface area contributed by atoms with Gasteiger partial charge >= 0.3 is 0 Å². The molecule has 0 atom stereocenters. The Bertz CT molecular complexity index is 653. The van der Waals surface area contributed by atoms with E-state index in [-0.39, 0.29) is 0 Å². The normalized spacial score (nSPS) is 10.8. The molecule has 0 unspecified atom stereocenters. The van der Waals surface area contributed by atoms with Crippen molar-refractivity contribution in [3.8, 4) is 11.5 Å². The number of nitrogens with one attached hydrogen (secondary N) is 1. The molecule has 1 N–H and O–H groups in total. The van der Waals surface area contributed by atoms with Crippen LogP contribution in [-0.2, 0) is 13.6 Å². The van der Waals surface area contributed by atoms with Gasteiger partial charge in [-0.1, -0.05) is 18.7 Å². The number of halogens is 1. The van der Waals surface area contributed by atoms with Gasteiger partial charge in [0.2, 0.25) is 5.16 Å². The average molecular weight is 416 g/mol. The second-order valence-corrected chi connectivity index (χ2v) is 6.98. The first-order chi connectivity index (χ1) is 11.7. The molecule has 0 aliphatic carbocycles. The van der Waals surface area contributed by atoms with Gasteiger partial charge in [-0.25, -0.2) is 4.68 Å². The predicted octanol–water partition coefficient (Wildman–Crippen LogP) is 2.65. The van der Waals surface area contributed by atoms with Gasteiger partial charge in [0.15, 0.2) is 11.5 Å². The van der Waals surface area contributed by atoms with Crippen LogP contribution in [0.2, 0.25) is 0 Å². The molecule has 0 aliphatic heterocycles. The Balaban J connectivity index is 1.83. The van der Waals surface area contributed by atoms with Crippen LogP contribution in [0.3, 0.4) is 0 Å². The smallest absolute Gasteiger partial charge is 0.209 e. The predicted molar refractivity (Wildman–Crippen MR) is 97.7 cm³/mol. The number of benzene rings is 1. The van der Waals surface area contributed by atoms with Crippen molar-refractivity contribution >= 4 is 27.7 Å². The number of hydrogen-bond donors (Lipinski definition) is 1. The zero-order valence-electron chi connectivity index (χ0n) is 14.1. The van der Waals surface area contributed by atoms with Crippen LogP contribution >= 0.6 is 27.7 Å². The van der Waals surface area contributed by atoms with Crippen molar-refractivity contribution < 1.29 is 9.47 Å². The summed E-state index contributed by atoms with van der Waals surface area (Å²) in [6, 6.07) is 4.06. The lowest BCUT2D eigenvalue weighted by atomic mass is 10.2. The van der Waals surface area contributed by atoms with Crippen LogP contribution < -0.4 is 14.8 Å². The van der Waals surface area contributed by atoms with Crippen LogP contribution in [0.4, 0.5) is 0 Å². The maximum Gasteiger partial charge on any atom is 0.209 e. The van der Waals surface area contributed by atoms with Gasteiger partial charge in [-0.2, -0.15) is 0 Å². The van der Waals surface area contributed by atoms with Crippen molar-refractivity contribution in [3.05, 3.63) is 22.2 Å². The standard InChI is InChI=1S/C15H22BrN5O2S/c1-4-6-23-14-12(16)8-11(9-13(14)22-3)10-17-5-7-24-15-18-19-20-21(15)2/h8-9,17H,4-7,10H2,1-3H3. The molecule has 7 nitrogen and oxygen atoms in total. The summed E-state index contributed by atoms with van der Waals surface area (Å²) in [6.07, 6.45) is 0.956. The lowest BCUT2D eigenvalue weighted by Crippen LogP contribution is -2.17. The SMILES string of the molecule is CCCOc1c(Br)cc(CNCCSc2nnnn2C)cc1OC. The third kappa shape index (κ3) is 5.35. The molecule has 1 heterocycles. The molecule has 0 radical (unpaired) electrons. The number of methoxy groups -OCH3 is 1. The summed E-state index contributed by atoms with van der Waals surface area (Å²) in [4.78, 5) is 0. The molecule has 0 spiro atoms. The summed E-state index contributed by atoms with van der Waals surface area (Å²) in [5.74, 6) is 2.40. The highest BCUT2D eigenvalue weighted by molar-refractivity contribution is 9.10. The summed E-state index contributed by atoms with van der Waals surface area (Å²) >= 11 is 5.19. The Morgan fingerprint density at radius 2 is 2.21 bits per heavy atom. The molecule has 0 saturated carbocycles. The number of aromatic nitrogens is 4. The minimum Gasteiger partial charge on any atom is -0.493 e. The molecular formula is C15H22BrN5O2S. The van der Waals surface area contributed by atoms with Gasteiger partial charge in [-0.05, 0) is 50.5 Å². The summed E-state index contributed by atoms with van der Waals surface area (Å²) in [5, 5.41) is 15.6. The molecule has 0 amide bonds. The molecule has 0 saturated heterocycles. The molecule has 24 heavy (non-hydrogen) atoms. The quantitative estimate of drug-likeness (QED) is 0.472. The number of tetrazole rings is 1. The molecule has 0 aliphatic rings. The molecule has 2 aromatic rings. The summed E-state index contributed by atoms with van der Waals surface area (Å²) < 4.78 is 13.8. The van der Waals surface area contributed by atoms with Gasteiger partial charge in [0.1, 0.15) is 0 Å². The molecule has 0 fully saturated rings. The number of hydrogen-bond acceptors (Lipinski definition) is 7. The van der Waals surface area contributed by atoms with Gasteiger partial charge in [0, 0.05) is 25.9 Å². The van der Waals surface area contributed by atoms with Crippen molar-refractivity contribution in [1.29, 1.82) is 0 Å². The van der Waals surface area contributed by atoms with Crippen LogP contribution in [0.25, 0.3) is 0 Å². The number of nitrogens with zero attached hydrogens (tertiary/aromatic N) is 4. The maximum absolute atomic E-state index is 5.74. The van der Waals surface area contributed by atoms with E-state index < -0.39 is 0 Å². The molecule has 1 aromatic carbocycles. The zero-order chi connectivity index (χ0) is 17.4. The maximum atomic E-state index is 5.74. The topological polar surface area (TPSA) is 74.1 Å². The van der Waals surface area contributed by atoms with Crippen molar-refractivity contribution in [2.45, 2.75) is 25.0 Å². The lowest BCUT2D eigenvalue weighted by Gasteiger charge is -2.14. The summed E-state index contributed by atoms with van der Waals surface area (Å²) in [6.45, 7) is 4.35. The fourth-order valence-electron chi connectivity index (χ4n) is 2.01. The van der Waals surface area contributed by atoms with E-state index in [1.54, 1.807) is 23.6 Å². The third-order valence-electron chi connectivity index (χ3n) is 3.16. The number of ether oxygens (including phenoxy) is 2. The fraction of sp³-hybridized carbons (Fsp3) is 0.533. The Morgan fingerprint density at radius 1 is 1.38 bits per heavy atom. The average Bonchev–Trinajstić information content (AvgIpc) is 2.98. The molecule has 0 bridgehead atoms. The van der Waals surface area contributed by atoms with Crippen molar-refractivity contribution in [1.82, 2.24) is 25.5 Å². The van der Waals surface area contributed by atoms with E-state index >= 15 is 0 Å². The van der Waals surface area contributed by atoms with E-state index in [9.17, 15) is 0 Å². The van der Waals surface area contributed by atoms with Crippen LogP contribution in [-0.4, -0.2) is 46.2 Å². The highest BCUT2D eigenvalue weighted by Crippen LogP contribution is 2.36. The second kappa shape index (κ2) is 9.85. The van der Waals surface area contributed by atoms with Crippen LogP contribution in [0.1, 0.15) is 18.9 Å². The van der Waals surface area contributed by atoms with E-state index in [1.807, 2.05) is 13.1 Å². The number of aryl methyl sites for hydroxylation is 1. The number of rotatable bonds is 10. The molecule has 132 valence electrons. The first-order valence-corrected chi connectivity index (χ1v) is 9.48. The largest absolute Gasteiger partial charge is 0.493 e. The summed E-state index contributed by atoms with van der Waals surface area (Å²) in [7, 11) is 3.49. The summed E-state index contributed by atoms with van der Waals surface area (Å²) in [5.41, 5.74) is 1.13. The minimum atomic E-state index is 0.667. The molecule has 1 aromatic heterocycles. The highest BCUT2D eigenvalue weighted by atomic mass is 79.9. The van der Waals surface area contributed by atoms with E-state index in [0.29, 0.717) is 6.61 Å². The van der Waals surface area contributed by atoms with Crippen molar-refractivity contribution in [2.75, 3.05) is 26.0 Å². The molecule has 2 rings (SSSR count). The second-order valence-electron chi connectivity index (χ2n) is 5.07. The zero-order valence-corrected chi connectivity index (χ0v) is 16.5. The van der Waals surface area contributed by atoms with Crippen molar-refractivity contribution in [2.24, 2.45) is 7.05 Å². The number of thioether (sulfide) groups is 1. The Labute approximate surface area is 154 Å². The first kappa shape index (κ1) is 19.0. The van der Waals surface area contributed by atoms with Crippen LogP contribution in [0.15, 0.2) is 21.8 Å². The van der Waals surface area contributed by atoms with E-state index in [4.69, 9.17) is 9.47 Å². The monoisotopic (exact) mass is 415 g/mol. The van der Waals surface area contributed by atoms with Gasteiger partial charge in [-0.3, -0.25) is 0 Å². The van der Waals surface area contributed by atoms with Crippen molar-refractivity contribution in [3.63, 3.8) is 0 Å². The molecular weight excluding hydrogens is 394 g/mol. The first-order valence-electron chi connectivity index (χ1n) is 7.70. The van der Waals surface area contributed by atoms with Crippen LogP contribution in [0.5, 0.6) is 11.5 Å². The molecule has 9 heteroatoms. The Hall–Kier alpha value is -1.32. The third-order valence-corrected chi connectivity index (χ3v) is 4.76. The van der Waals surface area contributed by atoms with E-state index in [2.05, 4.69) is 49.8 Å². The lowest BCUT2D eigenvalue weighted by molar-refractivity contribution is 0.292.